The summed E-state index contributed by atoms with van der Waals surface area (Å²) in [5.74, 6) is 0.124. The molecule has 0 bridgehead atoms. The molecule has 3 heterocycles. The van der Waals surface area contributed by atoms with E-state index in [1.807, 2.05) is 25.3 Å². The predicted molar refractivity (Wildman–Crippen MR) is 139 cm³/mol. The maximum atomic E-state index is 13.1. The highest BCUT2D eigenvalue weighted by Crippen LogP contribution is 2.46. The Balaban J connectivity index is 1.19. The van der Waals surface area contributed by atoms with Crippen molar-refractivity contribution in [2.75, 3.05) is 25.0 Å². The molecule has 0 radical (unpaired) electrons. The van der Waals surface area contributed by atoms with E-state index in [9.17, 15) is 9.59 Å². The fourth-order valence-electron chi connectivity index (χ4n) is 5.12. The van der Waals surface area contributed by atoms with Crippen LogP contribution < -0.4 is 16.2 Å². The lowest BCUT2D eigenvalue weighted by Crippen LogP contribution is -2.40. The van der Waals surface area contributed by atoms with E-state index < -0.39 is 0 Å². The zero-order valence-electron chi connectivity index (χ0n) is 21.0. The number of aromatic nitrogens is 3. The summed E-state index contributed by atoms with van der Waals surface area (Å²) < 4.78 is 1.50. The number of carbonyl (C=O) groups excluding carboxylic acids is 1. The van der Waals surface area contributed by atoms with Crippen LogP contribution in [0.4, 0.5) is 5.82 Å². The molecule has 3 aromatic rings. The van der Waals surface area contributed by atoms with Gasteiger partial charge in [0.1, 0.15) is 6.54 Å². The van der Waals surface area contributed by atoms with Crippen LogP contribution in [0.15, 0.2) is 35.4 Å². The van der Waals surface area contributed by atoms with Crippen LogP contribution in [0.3, 0.4) is 0 Å². The van der Waals surface area contributed by atoms with E-state index in [2.05, 4.69) is 45.4 Å². The largest absolute Gasteiger partial charge is 0.364 e. The van der Waals surface area contributed by atoms with E-state index in [0.29, 0.717) is 36.1 Å². The van der Waals surface area contributed by atoms with E-state index in [0.717, 1.165) is 36.0 Å². The number of anilines is 1. The molecule has 1 aromatic carbocycles. The molecular weight excluding hydrogens is 440 g/mol. The Bertz CT molecular complexity index is 1290. The third kappa shape index (κ3) is 5.27. The van der Waals surface area contributed by atoms with Crippen LogP contribution in [-0.4, -0.2) is 51.0 Å². The Hall–Kier alpha value is -3.13. The summed E-state index contributed by atoms with van der Waals surface area (Å²) in [6, 6.07) is 6.53. The van der Waals surface area contributed by atoms with Crippen molar-refractivity contribution in [2.24, 2.45) is 5.41 Å². The molecule has 1 atom stereocenters. The molecule has 2 fully saturated rings. The van der Waals surface area contributed by atoms with Gasteiger partial charge < -0.3 is 15.6 Å². The number of fused-ring (bicyclic) bond motifs is 1. The number of amides is 1. The number of aryl methyl sites for hydroxylation is 2. The van der Waals surface area contributed by atoms with Crippen LogP contribution in [0.1, 0.15) is 49.4 Å². The molecular formula is C27H36N6O2. The van der Waals surface area contributed by atoms with Gasteiger partial charge in [-0.2, -0.15) is 0 Å². The van der Waals surface area contributed by atoms with Crippen molar-refractivity contribution in [3.05, 3.63) is 57.8 Å². The predicted octanol–water partition coefficient (Wildman–Crippen LogP) is 3.33. The lowest BCUT2D eigenvalue weighted by Gasteiger charge is -2.27. The maximum Gasteiger partial charge on any atom is 0.293 e. The number of rotatable bonds is 9. The van der Waals surface area contributed by atoms with Crippen LogP contribution in [0, 0.1) is 19.3 Å². The van der Waals surface area contributed by atoms with Crippen molar-refractivity contribution in [3.8, 4) is 0 Å². The average molecular weight is 477 g/mol. The molecule has 1 saturated heterocycles. The molecule has 186 valence electrons. The first-order valence-electron chi connectivity index (χ1n) is 12.7. The smallest absolute Gasteiger partial charge is 0.293 e. The summed E-state index contributed by atoms with van der Waals surface area (Å²) in [6.07, 6.45) is 8.61. The Kier molecular flexibility index (Phi) is 6.40. The average Bonchev–Trinajstić information content (AvgIpc) is 3.22. The van der Waals surface area contributed by atoms with Crippen LogP contribution in [0.25, 0.3) is 10.9 Å². The van der Waals surface area contributed by atoms with Crippen molar-refractivity contribution in [3.63, 3.8) is 0 Å². The minimum absolute atomic E-state index is 0.0266. The van der Waals surface area contributed by atoms with Gasteiger partial charge in [-0.05, 0) is 74.8 Å². The topological polar surface area (TPSA) is 95.0 Å². The second kappa shape index (κ2) is 9.49. The normalized spacial score (nSPS) is 19.2. The van der Waals surface area contributed by atoms with Crippen molar-refractivity contribution in [1.82, 2.24) is 24.8 Å². The summed E-state index contributed by atoms with van der Waals surface area (Å²) >= 11 is 0. The molecule has 2 aromatic heterocycles. The number of hydrogen-bond acceptors (Lipinski definition) is 5. The Labute approximate surface area is 206 Å². The van der Waals surface area contributed by atoms with E-state index in [1.165, 1.54) is 29.4 Å². The van der Waals surface area contributed by atoms with Gasteiger partial charge in [0, 0.05) is 54.7 Å². The van der Waals surface area contributed by atoms with Crippen LogP contribution >= 0.6 is 0 Å². The highest BCUT2D eigenvalue weighted by atomic mass is 16.2. The minimum atomic E-state index is -0.247. The first kappa shape index (κ1) is 23.6. The number of nitrogens with zero attached hydrogens (tertiary/aromatic N) is 3. The van der Waals surface area contributed by atoms with Gasteiger partial charge >= 0.3 is 0 Å². The lowest BCUT2D eigenvalue weighted by atomic mass is 10.1. The first-order chi connectivity index (χ1) is 16.8. The second-order valence-electron chi connectivity index (χ2n) is 10.7. The molecule has 5 rings (SSSR count). The summed E-state index contributed by atoms with van der Waals surface area (Å²) in [5, 5.41) is 7.39. The number of carbonyl (C=O) groups is 1. The SMILES string of the molecule is Cc1c[nH]c2ccc(CNC(=O)Cn3c(C)cnc(NC[C@H]4CCCN4CC4(C)CC4)c3=O)cc12. The van der Waals surface area contributed by atoms with Crippen molar-refractivity contribution in [1.29, 1.82) is 0 Å². The molecule has 8 nitrogen and oxygen atoms in total. The molecule has 35 heavy (non-hydrogen) atoms. The highest BCUT2D eigenvalue weighted by Gasteiger charge is 2.41. The van der Waals surface area contributed by atoms with E-state index in [4.69, 9.17) is 0 Å². The van der Waals surface area contributed by atoms with Gasteiger partial charge in [-0.15, -0.1) is 0 Å². The number of H-pyrrole nitrogens is 1. The maximum absolute atomic E-state index is 13.1. The van der Waals surface area contributed by atoms with E-state index in [1.54, 1.807) is 6.20 Å². The standard InChI is InChI=1S/C27H36N6O2/c1-18-12-28-23-7-6-20(11-22(18)23)14-29-24(34)16-33-19(2)13-30-25(26(33)35)31-15-21-5-4-10-32(21)17-27(3)8-9-27/h6-7,11-13,21,28H,4-5,8-10,14-17H2,1-3H3,(H,29,34)(H,30,31)/t21-/m1/s1. The number of benzene rings is 1. The third-order valence-corrected chi connectivity index (χ3v) is 7.69. The van der Waals surface area contributed by atoms with Gasteiger partial charge in [-0.3, -0.25) is 19.1 Å². The van der Waals surface area contributed by atoms with Crippen LogP contribution in [-0.2, 0) is 17.9 Å². The molecule has 0 unspecified atom stereocenters. The summed E-state index contributed by atoms with van der Waals surface area (Å²) in [5.41, 5.74) is 4.19. The number of likely N-dealkylation sites (tertiary alicyclic amines) is 1. The van der Waals surface area contributed by atoms with Gasteiger partial charge in [0.15, 0.2) is 5.82 Å². The molecule has 1 saturated carbocycles. The third-order valence-electron chi connectivity index (χ3n) is 7.69. The van der Waals surface area contributed by atoms with Crippen LogP contribution in [0.5, 0.6) is 0 Å². The van der Waals surface area contributed by atoms with Gasteiger partial charge in [0.05, 0.1) is 0 Å². The van der Waals surface area contributed by atoms with Crippen molar-refractivity contribution >= 4 is 22.6 Å². The van der Waals surface area contributed by atoms with Gasteiger partial charge in [-0.1, -0.05) is 13.0 Å². The van der Waals surface area contributed by atoms with E-state index in [-0.39, 0.29) is 18.0 Å². The molecule has 0 spiro atoms. The quantitative estimate of drug-likeness (QED) is 0.440. The van der Waals surface area contributed by atoms with Gasteiger partial charge in [-0.25, -0.2) is 4.98 Å². The monoisotopic (exact) mass is 476 g/mol. The lowest BCUT2D eigenvalue weighted by molar-refractivity contribution is -0.121. The minimum Gasteiger partial charge on any atom is -0.364 e. The summed E-state index contributed by atoms with van der Waals surface area (Å²) in [4.78, 5) is 36.0. The molecule has 3 N–H and O–H groups in total. The fraction of sp³-hybridized carbons (Fsp3) is 0.519. The molecule has 1 aliphatic heterocycles. The van der Waals surface area contributed by atoms with Gasteiger partial charge in [0.25, 0.3) is 5.56 Å². The number of hydrogen-bond donors (Lipinski definition) is 3. The Morgan fingerprint density at radius 1 is 1.29 bits per heavy atom. The molecule has 2 aliphatic rings. The number of aromatic amines is 1. The van der Waals surface area contributed by atoms with E-state index >= 15 is 0 Å². The first-order valence-corrected chi connectivity index (χ1v) is 12.7. The Morgan fingerprint density at radius 3 is 2.91 bits per heavy atom. The van der Waals surface area contributed by atoms with Gasteiger partial charge in [0.2, 0.25) is 5.91 Å². The highest BCUT2D eigenvalue weighted by molar-refractivity contribution is 5.83. The second-order valence-corrected chi connectivity index (χ2v) is 10.7. The van der Waals surface area contributed by atoms with Crippen molar-refractivity contribution < 1.29 is 4.79 Å². The summed E-state index contributed by atoms with van der Waals surface area (Å²) in [6.45, 7) is 9.59. The summed E-state index contributed by atoms with van der Waals surface area (Å²) in [7, 11) is 0. The molecule has 8 heteroatoms. The van der Waals surface area contributed by atoms with Crippen LogP contribution in [0.2, 0.25) is 0 Å². The zero-order valence-corrected chi connectivity index (χ0v) is 21.0. The fourth-order valence-corrected chi connectivity index (χ4v) is 5.12. The molecule has 1 aliphatic carbocycles. The number of nitrogens with one attached hydrogen (secondary N) is 3. The van der Waals surface area contributed by atoms with Crippen molar-refractivity contribution in [2.45, 2.75) is 65.6 Å². The Morgan fingerprint density at radius 2 is 2.11 bits per heavy atom. The zero-order chi connectivity index (χ0) is 24.6. The molecule has 1 amide bonds.